The van der Waals surface area contributed by atoms with Gasteiger partial charge in [0, 0.05) is 0 Å². The largest absolute Gasteiger partial charge is 0.463 e. The van der Waals surface area contributed by atoms with Crippen LogP contribution in [0.3, 0.4) is 0 Å². The molecule has 3 aromatic rings. The lowest BCUT2D eigenvalue weighted by atomic mass is 10.1. The average Bonchev–Trinajstić information content (AvgIpc) is 3.25. The van der Waals surface area contributed by atoms with Crippen LogP contribution in [-0.4, -0.2) is 37.4 Å². The van der Waals surface area contributed by atoms with Crippen LogP contribution in [0.5, 0.6) is 0 Å². The summed E-state index contributed by atoms with van der Waals surface area (Å²) in [5.74, 6) is 0.104. The number of nitrogen functional groups attached to an aromatic ring is 1. The summed E-state index contributed by atoms with van der Waals surface area (Å²) in [6, 6.07) is 3.41. The van der Waals surface area contributed by atoms with Gasteiger partial charge in [0.05, 0.1) is 18.2 Å². The van der Waals surface area contributed by atoms with Gasteiger partial charge in [-0.15, -0.1) is 5.10 Å². The molecule has 124 valence electrons. The van der Waals surface area contributed by atoms with Crippen molar-refractivity contribution in [2.45, 2.75) is 19.8 Å². The van der Waals surface area contributed by atoms with Crippen molar-refractivity contribution in [3.63, 3.8) is 0 Å². The molecule has 0 radical (unpaired) electrons. The highest BCUT2D eigenvalue weighted by Gasteiger charge is 2.25. The van der Waals surface area contributed by atoms with E-state index in [9.17, 15) is 4.79 Å². The highest BCUT2D eigenvalue weighted by Crippen LogP contribution is 2.22. The van der Waals surface area contributed by atoms with Gasteiger partial charge < -0.3 is 10.2 Å². The van der Waals surface area contributed by atoms with E-state index in [1.165, 1.54) is 17.2 Å². The molecule has 24 heavy (non-hydrogen) atoms. The first kappa shape index (κ1) is 15.4. The van der Waals surface area contributed by atoms with Crippen molar-refractivity contribution in [2.75, 3.05) is 5.73 Å². The highest BCUT2D eigenvalue weighted by molar-refractivity contribution is 5.94. The molecule has 11 nitrogen and oxygen atoms in total. The Morgan fingerprint density at radius 1 is 1.46 bits per heavy atom. The lowest BCUT2D eigenvalue weighted by molar-refractivity contribution is 0.0948. The quantitative estimate of drug-likeness (QED) is 0.513. The Labute approximate surface area is 135 Å². The molecule has 3 heterocycles. The van der Waals surface area contributed by atoms with E-state index in [4.69, 9.17) is 10.2 Å². The van der Waals surface area contributed by atoms with Crippen molar-refractivity contribution >= 4 is 17.9 Å². The third-order valence-electron chi connectivity index (χ3n) is 3.06. The van der Waals surface area contributed by atoms with E-state index in [2.05, 4.69) is 35.8 Å². The Balaban J connectivity index is 1.86. The number of carbonyl (C=O) groups excluding carboxylic acids is 1. The fraction of sp³-hybridized carbons (Fsp3) is 0.231. The summed E-state index contributed by atoms with van der Waals surface area (Å²) >= 11 is 0. The smallest absolute Gasteiger partial charge is 0.293 e. The van der Waals surface area contributed by atoms with E-state index in [1.807, 2.05) is 13.8 Å². The second-order valence-corrected chi connectivity index (χ2v) is 5.08. The van der Waals surface area contributed by atoms with Gasteiger partial charge in [-0.05, 0) is 28.4 Å². The second kappa shape index (κ2) is 6.32. The van der Waals surface area contributed by atoms with E-state index in [0.29, 0.717) is 11.5 Å². The van der Waals surface area contributed by atoms with Crippen molar-refractivity contribution < 1.29 is 13.8 Å². The van der Waals surface area contributed by atoms with E-state index >= 15 is 0 Å². The van der Waals surface area contributed by atoms with Crippen LogP contribution >= 0.6 is 0 Å². The number of hydrogen-bond donors (Lipinski definition) is 2. The molecule has 0 aromatic carbocycles. The number of furan rings is 1. The van der Waals surface area contributed by atoms with Gasteiger partial charge in [0.25, 0.3) is 5.91 Å². The molecule has 1 amide bonds. The van der Waals surface area contributed by atoms with Crippen molar-refractivity contribution in [1.29, 1.82) is 0 Å². The molecule has 0 aliphatic rings. The second-order valence-electron chi connectivity index (χ2n) is 5.08. The first-order valence-corrected chi connectivity index (χ1v) is 6.99. The van der Waals surface area contributed by atoms with Gasteiger partial charge in [-0.3, -0.25) is 4.79 Å². The van der Waals surface area contributed by atoms with Crippen LogP contribution in [0.15, 0.2) is 32.5 Å². The maximum atomic E-state index is 12.3. The van der Waals surface area contributed by atoms with Crippen LogP contribution in [-0.2, 0) is 0 Å². The zero-order chi connectivity index (χ0) is 17.1. The third-order valence-corrected chi connectivity index (χ3v) is 3.06. The molecule has 11 heteroatoms. The monoisotopic (exact) mass is 330 g/mol. The lowest BCUT2D eigenvalue weighted by Crippen LogP contribution is -2.20. The zero-order valence-corrected chi connectivity index (χ0v) is 12.9. The number of carbonyl (C=O) groups is 1. The normalized spacial score (nSPS) is 11.5. The molecule has 0 bridgehead atoms. The molecular weight excluding hydrogens is 316 g/mol. The van der Waals surface area contributed by atoms with Crippen LogP contribution in [0.25, 0.3) is 5.82 Å². The van der Waals surface area contributed by atoms with Gasteiger partial charge in [0.2, 0.25) is 11.6 Å². The number of amides is 1. The predicted octanol–water partition coefficient (Wildman–Crippen LogP) is 0.713. The van der Waals surface area contributed by atoms with Crippen LogP contribution < -0.4 is 11.2 Å². The van der Waals surface area contributed by atoms with Crippen molar-refractivity contribution in [3.05, 3.63) is 35.5 Å². The van der Waals surface area contributed by atoms with Crippen molar-refractivity contribution in [1.82, 2.24) is 30.7 Å². The molecule has 0 unspecified atom stereocenters. The topological polar surface area (TPSA) is 150 Å². The van der Waals surface area contributed by atoms with Crippen LogP contribution in [0.1, 0.15) is 41.7 Å². The molecular formula is C13H14N8O3. The molecule has 0 saturated carbocycles. The standard InChI is InChI=1S/C13H14N8O3/c1-7(2)10-9(13(22)17-15-6-8-4-3-5-23-8)16-20-21(10)12-11(14)18-24-19-12/h3-7H,1-2H3,(H2,14,18)(H,17,22)/b15-6-. The molecule has 0 spiro atoms. The van der Waals surface area contributed by atoms with E-state index in [1.54, 1.807) is 12.1 Å². The molecule has 3 N–H and O–H groups in total. The Morgan fingerprint density at radius 2 is 2.29 bits per heavy atom. The predicted molar refractivity (Wildman–Crippen MR) is 81.5 cm³/mol. The van der Waals surface area contributed by atoms with Gasteiger partial charge in [-0.2, -0.15) is 9.78 Å². The van der Waals surface area contributed by atoms with Gasteiger partial charge in [-0.25, -0.2) is 10.1 Å². The van der Waals surface area contributed by atoms with Crippen LogP contribution in [0.2, 0.25) is 0 Å². The molecule has 0 aliphatic carbocycles. The van der Waals surface area contributed by atoms with E-state index in [0.717, 1.165) is 0 Å². The molecule has 3 rings (SSSR count). The maximum Gasteiger partial charge on any atom is 0.293 e. The number of nitrogens with one attached hydrogen (secondary N) is 1. The molecule has 0 atom stereocenters. The summed E-state index contributed by atoms with van der Waals surface area (Å²) in [6.45, 7) is 3.75. The highest BCUT2D eigenvalue weighted by atomic mass is 16.6. The number of rotatable bonds is 5. The third kappa shape index (κ3) is 2.86. The number of aromatic nitrogens is 5. The molecule has 0 fully saturated rings. The van der Waals surface area contributed by atoms with Gasteiger partial charge in [0.15, 0.2) is 5.69 Å². The fourth-order valence-corrected chi connectivity index (χ4v) is 2.04. The SMILES string of the molecule is CC(C)c1c(C(=O)N/N=C\c2ccco2)nnn1-c1nonc1N. The van der Waals surface area contributed by atoms with Crippen molar-refractivity contribution in [3.8, 4) is 5.82 Å². The van der Waals surface area contributed by atoms with Crippen LogP contribution in [0, 0.1) is 0 Å². The summed E-state index contributed by atoms with van der Waals surface area (Å²) in [5, 5.41) is 18.8. The van der Waals surface area contributed by atoms with Crippen LogP contribution in [0.4, 0.5) is 5.82 Å². The summed E-state index contributed by atoms with van der Waals surface area (Å²) in [6.07, 6.45) is 2.87. The Kier molecular flexibility index (Phi) is 4.05. The minimum Gasteiger partial charge on any atom is -0.463 e. The van der Waals surface area contributed by atoms with E-state index < -0.39 is 5.91 Å². The molecule has 0 saturated heterocycles. The maximum absolute atomic E-state index is 12.3. The number of nitrogens with zero attached hydrogens (tertiary/aromatic N) is 6. The zero-order valence-electron chi connectivity index (χ0n) is 12.9. The average molecular weight is 330 g/mol. The first-order valence-electron chi connectivity index (χ1n) is 6.99. The number of nitrogens with two attached hydrogens (primary N) is 1. The van der Waals surface area contributed by atoms with Gasteiger partial charge in [-0.1, -0.05) is 19.1 Å². The Morgan fingerprint density at radius 3 is 2.92 bits per heavy atom. The number of hydrogen-bond acceptors (Lipinski definition) is 9. The van der Waals surface area contributed by atoms with Gasteiger partial charge >= 0.3 is 0 Å². The number of anilines is 1. The Bertz CT molecular complexity index is 862. The molecule has 3 aromatic heterocycles. The Hall–Kier alpha value is -3.50. The van der Waals surface area contributed by atoms with Gasteiger partial charge in [0.1, 0.15) is 5.76 Å². The minimum absolute atomic E-state index is 0.0459. The first-order chi connectivity index (χ1) is 11.6. The molecule has 0 aliphatic heterocycles. The summed E-state index contributed by atoms with van der Waals surface area (Å²) in [4.78, 5) is 12.3. The summed E-state index contributed by atoms with van der Waals surface area (Å²) < 4.78 is 11.0. The summed E-state index contributed by atoms with van der Waals surface area (Å²) in [5.41, 5.74) is 8.64. The minimum atomic E-state index is -0.525. The lowest BCUT2D eigenvalue weighted by Gasteiger charge is -2.07. The summed E-state index contributed by atoms with van der Waals surface area (Å²) in [7, 11) is 0. The number of hydrazone groups is 1. The van der Waals surface area contributed by atoms with E-state index in [-0.39, 0.29) is 23.2 Å². The fourth-order valence-electron chi connectivity index (χ4n) is 2.04. The van der Waals surface area contributed by atoms with Crippen molar-refractivity contribution in [2.24, 2.45) is 5.10 Å².